The van der Waals surface area contributed by atoms with Crippen molar-refractivity contribution >= 4 is 27.0 Å². The van der Waals surface area contributed by atoms with Crippen molar-refractivity contribution in [2.24, 2.45) is 5.14 Å². The second-order valence-electron chi connectivity index (χ2n) is 6.98. The van der Waals surface area contributed by atoms with Crippen LogP contribution in [-0.4, -0.2) is 70.2 Å². The van der Waals surface area contributed by atoms with Crippen molar-refractivity contribution in [2.75, 3.05) is 31.5 Å². The van der Waals surface area contributed by atoms with Crippen LogP contribution in [-0.2, 0) is 16.6 Å². The molecule has 10 nitrogen and oxygen atoms in total. The van der Waals surface area contributed by atoms with Crippen LogP contribution in [0.3, 0.4) is 0 Å². The van der Waals surface area contributed by atoms with E-state index in [0.29, 0.717) is 36.6 Å². The van der Waals surface area contributed by atoms with Crippen LogP contribution in [0.2, 0.25) is 0 Å². The van der Waals surface area contributed by atoms with Crippen LogP contribution in [0.4, 0.5) is 5.82 Å². The highest BCUT2D eigenvalue weighted by molar-refractivity contribution is 7.89. The van der Waals surface area contributed by atoms with Crippen LogP contribution < -0.4 is 10.5 Å². The van der Waals surface area contributed by atoms with E-state index in [0.717, 1.165) is 18.7 Å². The summed E-state index contributed by atoms with van der Waals surface area (Å²) in [6.45, 7) is 7.28. The maximum Gasteiger partial charge on any atom is 0.238 e. The SMILES string of the molecule is CCN(CC)CC(O)CNc1ncnc2c1ncn2Cc1ccc(S(N)(=O)=O)cc1. The number of benzene rings is 1. The van der Waals surface area contributed by atoms with Crippen molar-refractivity contribution in [1.82, 2.24) is 24.4 Å². The highest BCUT2D eigenvalue weighted by atomic mass is 32.2. The molecule has 3 rings (SSSR count). The van der Waals surface area contributed by atoms with Gasteiger partial charge in [0.2, 0.25) is 10.0 Å². The summed E-state index contributed by atoms with van der Waals surface area (Å²) in [6, 6.07) is 6.36. The lowest BCUT2D eigenvalue weighted by atomic mass is 10.2. The highest BCUT2D eigenvalue weighted by Gasteiger charge is 2.14. The van der Waals surface area contributed by atoms with Crippen LogP contribution in [0.1, 0.15) is 19.4 Å². The average Bonchev–Trinajstić information content (AvgIpc) is 3.13. The van der Waals surface area contributed by atoms with Gasteiger partial charge in [0.25, 0.3) is 0 Å². The Morgan fingerprint density at radius 1 is 1.17 bits per heavy atom. The van der Waals surface area contributed by atoms with Crippen molar-refractivity contribution < 1.29 is 13.5 Å². The number of likely N-dealkylation sites (N-methyl/N-ethyl adjacent to an activating group) is 1. The van der Waals surface area contributed by atoms with E-state index < -0.39 is 16.1 Å². The van der Waals surface area contributed by atoms with Crippen LogP contribution in [0, 0.1) is 0 Å². The van der Waals surface area contributed by atoms with Crippen LogP contribution in [0.25, 0.3) is 11.2 Å². The number of aromatic nitrogens is 4. The molecule has 2 heterocycles. The number of nitrogens with zero attached hydrogens (tertiary/aromatic N) is 5. The predicted molar refractivity (Wildman–Crippen MR) is 115 cm³/mol. The number of anilines is 1. The number of imidazole rings is 1. The molecule has 0 amide bonds. The second kappa shape index (κ2) is 9.47. The quantitative estimate of drug-likeness (QED) is 0.423. The van der Waals surface area contributed by atoms with Gasteiger partial charge in [-0.05, 0) is 30.8 Å². The minimum absolute atomic E-state index is 0.0684. The first-order valence-corrected chi connectivity index (χ1v) is 11.3. The zero-order valence-electron chi connectivity index (χ0n) is 17.1. The van der Waals surface area contributed by atoms with Gasteiger partial charge in [-0.1, -0.05) is 26.0 Å². The van der Waals surface area contributed by atoms with E-state index in [-0.39, 0.29) is 4.90 Å². The van der Waals surface area contributed by atoms with E-state index in [1.807, 2.05) is 4.57 Å². The third-order valence-electron chi connectivity index (χ3n) is 4.87. The van der Waals surface area contributed by atoms with E-state index in [4.69, 9.17) is 5.14 Å². The molecule has 1 aromatic carbocycles. The topological polar surface area (TPSA) is 139 Å². The fourth-order valence-corrected chi connectivity index (χ4v) is 3.68. The van der Waals surface area contributed by atoms with E-state index >= 15 is 0 Å². The minimum atomic E-state index is -3.72. The summed E-state index contributed by atoms with van der Waals surface area (Å²) in [7, 11) is -3.72. The summed E-state index contributed by atoms with van der Waals surface area (Å²) >= 11 is 0. The van der Waals surface area contributed by atoms with Gasteiger partial charge in [0, 0.05) is 13.1 Å². The molecule has 0 aliphatic rings. The normalized spacial score (nSPS) is 13.1. The van der Waals surface area contributed by atoms with E-state index in [1.54, 1.807) is 18.5 Å². The highest BCUT2D eigenvalue weighted by Crippen LogP contribution is 2.19. The van der Waals surface area contributed by atoms with Crippen molar-refractivity contribution in [3.05, 3.63) is 42.5 Å². The number of aliphatic hydroxyl groups excluding tert-OH is 1. The Bertz CT molecular complexity index is 1080. The summed E-state index contributed by atoms with van der Waals surface area (Å²) in [5.74, 6) is 0.557. The molecule has 11 heteroatoms. The Morgan fingerprint density at radius 3 is 2.50 bits per heavy atom. The number of nitrogens with one attached hydrogen (secondary N) is 1. The van der Waals surface area contributed by atoms with Crippen LogP contribution in [0.5, 0.6) is 0 Å². The molecule has 0 saturated heterocycles. The lowest BCUT2D eigenvalue weighted by molar-refractivity contribution is 0.128. The lowest BCUT2D eigenvalue weighted by Crippen LogP contribution is -2.36. The third kappa shape index (κ3) is 5.30. The van der Waals surface area contributed by atoms with Crippen molar-refractivity contribution in [3.8, 4) is 0 Å². The van der Waals surface area contributed by atoms with Gasteiger partial charge in [-0.2, -0.15) is 0 Å². The third-order valence-corrected chi connectivity index (χ3v) is 5.80. The number of sulfonamides is 1. The number of hydrogen-bond donors (Lipinski definition) is 3. The van der Waals surface area contributed by atoms with Gasteiger partial charge in [-0.15, -0.1) is 0 Å². The lowest BCUT2D eigenvalue weighted by Gasteiger charge is -2.22. The molecule has 0 aliphatic heterocycles. The summed E-state index contributed by atoms with van der Waals surface area (Å²) < 4.78 is 24.6. The van der Waals surface area contributed by atoms with E-state index in [9.17, 15) is 13.5 Å². The number of primary sulfonamides is 1. The molecule has 3 aromatic rings. The Hall–Kier alpha value is -2.60. The van der Waals surface area contributed by atoms with Gasteiger partial charge >= 0.3 is 0 Å². The molecule has 0 fully saturated rings. The average molecular weight is 434 g/mol. The standard InChI is InChI=1S/C19H27N7O3S/c1-3-25(4-2)11-15(27)9-21-18-17-19(23-12-22-18)26(13-24-17)10-14-5-7-16(8-6-14)30(20,28)29/h5-8,12-13,15,27H,3-4,9-11H2,1-2H3,(H2,20,28,29)(H,21,22,23). The molecule has 1 unspecified atom stereocenters. The molecule has 0 saturated carbocycles. The molecule has 0 aliphatic carbocycles. The number of rotatable bonds is 10. The maximum atomic E-state index is 11.4. The molecule has 0 bridgehead atoms. The van der Waals surface area contributed by atoms with E-state index in [1.165, 1.54) is 18.5 Å². The summed E-state index contributed by atoms with van der Waals surface area (Å²) in [4.78, 5) is 15.2. The second-order valence-corrected chi connectivity index (χ2v) is 8.54. The molecule has 2 aromatic heterocycles. The van der Waals surface area contributed by atoms with Gasteiger partial charge in [0.1, 0.15) is 11.8 Å². The maximum absolute atomic E-state index is 11.4. The fourth-order valence-electron chi connectivity index (χ4n) is 3.17. The summed E-state index contributed by atoms with van der Waals surface area (Å²) in [6.07, 6.45) is 2.57. The monoisotopic (exact) mass is 433 g/mol. The fraction of sp³-hybridized carbons (Fsp3) is 0.421. The number of nitrogens with two attached hydrogens (primary N) is 1. The minimum Gasteiger partial charge on any atom is -0.390 e. The Balaban J connectivity index is 1.72. The first-order chi connectivity index (χ1) is 14.3. The van der Waals surface area contributed by atoms with Crippen LogP contribution in [0.15, 0.2) is 41.8 Å². The molecular weight excluding hydrogens is 406 g/mol. The van der Waals surface area contributed by atoms with Gasteiger partial charge in [0.15, 0.2) is 11.5 Å². The zero-order valence-corrected chi connectivity index (χ0v) is 17.9. The van der Waals surface area contributed by atoms with Crippen molar-refractivity contribution in [3.63, 3.8) is 0 Å². The first kappa shape index (κ1) is 22.1. The largest absolute Gasteiger partial charge is 0.390 e. The molecule has 4 N–H and O–H groups in total. The van der Waals surface area contributed by atoms with Gasteiger partial charge in [-0.3, -0.25) is 0 Å². The Morgan fingerprint density at radius 2 is 1.87 bits per heavy atom. The van der Waals surface area contributed by atoms with Gasteiger partial charge < -0.3 is 19.9 Å². The molecule has 0 radical (unpaired) electrons. The van der Waals surface area contributed by atoms with E-state index in [2.05, 4.69) is 39.0 Å². The van der Waals surface area contributed by atoms with Crippen LogP contribution >= 0.6 is 0 Å². The number of fused-ring (bicyclic) bond motifs is 1. The molecule has 162 valence electrons. The molecular formula is C19H27N7O3S. The zero-order chi connectivity index (χ0) is 21.7. The number of aliphatic hydroxyl groups is 1. The van der Waals surface area contributed by atoms with Crippen molar-refractivity contribution in [2.45, 2.75) is 31.4 Å². The first-order valence-electron chi connectivity index (χ1n) is 9.73. The molecule has 1 atom stereocenters. The predicted octanol–water partition coefficient (Wildman–Crippen LogP) is 0.637. The Labute approximate surface area is 175 Å². The molecule has 0 spiro atoms. The Kier molecular flexibility index (Phi) is 6.98. The molecule has 30 heavy (non-hydrogen) atoms. The smallest absolute Gasteiger partial charge is 0.238 e. The number of hydrogen-bond acceptors (Lipinski definition) is 8. The van der Waals surface area contributed by atoms with Crippen molar-refractivity contribution in [1.29, 1.82) is 0 Å². The van der Waals surface area contributed by atoms with Gasteiger partial charge in [0.05, 0.1) is 23.9 Å². The summed E-state index contributed by atoms with van der Waals surface area (Å²) in [5, 5.41) is 18.6. The summed E-state index contributed by atoms with van der Waals surface area (Å²) in [5.41, 5.74) is 2.12. The van der Waals surface area contributed by atoms with Gasteiger partial charge in [-0.25, -0.2) is 28.5 Å².